The van der Waals surface area contributed by atoms with Crippen molar-refractivity contribution in [1.82, 2.24) is 5.32 Å². The lowest BCUT2D eigenvalue weighted by molar-refractivity contribution is -0.140. The van der Waals surface area contributed by atoms with E-state index in [-0.39, 0.29) is 31.2 Å². The maximum absolute atomic E-state index is 11.3. The summed E-state index contributed by atoms with van der Waals surface area (Å²) in [5, 5.41) is 11.0. The van der Waals surface area contributed by atoms with E-state index in [1.165, 1.54) is 0 Å². The smallest absolute Gasteiger partial charge is 0.320 e. The first kappa shape index (κ1) is 15.5. The Hall–Kier alpha value is -1.47. The normalized spacial score (nSPS) is 13.8. The first-order valence-electron chi connectivity index (χ1n) is 5.35. The summed E-state index contributed by atoms with van der Waals surface area (Å²) in [6, 6.07) is -0.971. The number of carboxylic acid groups (broad SMARTS) is 1. The number of aliphatic carboxylic acids is 1. The molecule has 0 aromatic heterocycles. The van der Waals surface area contributed by atoms with E-state index >= 15 is 0 Å². The Kier molecular flexibility index (Phi) is 7.08. The molecule has 0 spiro atoms. The number of carbonyl (C=O) groups is 3. The Labute approximate surface area is 99.5 Å². The van der Waals surface area contributed by atoms with E-state index in [0.717, 1.165) is 0 Å². The van der Waals surface area contributed by atoms with Crippen molar-refractivity contribution in [2.24, 2.45) is 17.4 Å². The minimum Gasteiger partial charge on any atom is -0.480 e. The highest BCUT2D eigenvalue weighted by atomic mass is 16.4. The number of hydrogen-bond donors (Lipinski definition) is 4. The van der Waals surface area contributed by atoms with Crippen LogP contribution in [0.5, 0.6) is 0 Å². The number of Topliss-reactive ketones (excluding diaryl/α,β-unsaturated/α-hetero) is 1. The van der Waals surface area contributed by atoms with Gasteiger partial charge in [0.05, 0.1) is 13.1 Å². The lowest BCUT2D eigenvalue weighted by atomic mass is 9.96. The quantitative estimate of drug-likeness (QED) is 0.409. The molecule has 7 heteroatoms. The number of hydrogen-bond acceptors (Lipinski definition) is 5. The Morgan fingerprint density at radius 1 is 1.35 bits per heavy atom. The Balaban J connectivity index is 3.84. The molecule has 0 aliphatic heterocycles. The van der Waals surface area contributed by atoms with E-state index in [1.807, 2.05) is 0 Å². The second kappa shape index (κ2) is 7.75. The SMILES string of the molecule is C[C@@H](CCC(=O)CNC(=O)CN)[C@H](N)C(=O)O. The maximum atomic E-state index is 11.3. The molecule has 0 saturated carbocycles. The Bertz CT molecular complexity index is 293. The highest BCUT2D eigenvalue weighted by molar-refractivity contribution is 5.86. The maximum Gasteiger partial charge on any atom is 0.320 e. The van der Waals surface area contributed by atoms with Gasteiger partial charge in [-0.15, -0.1) is 0 Å². The van der Waals surface area contributed by atoms with E-state index < -0.39 is 17.9 Å². The van der Waals surface area contributed by atoms with Crippen molar-refractivity contribution in [2.75, 3.05) is 13.1 Å². The van der Waals surface area contributed by atoms with Gasteiger partial charge in [-0.3, -0.25) is 14.4 Å². The van der Waals surface area contributed by atoms with Crippen LogP contribution < -0.4 is 16.8 Å². The third-order valence-corrected chi connectivity index (χ3v) is 2.44. The standard InChI is InChI=1S/C10H19N3O4/c1-6(9(12)10(16)17)2-3-7(14)5-13-8(15)4-11/h6,9H,2-5,11-12H2,1H3,(H,13,15)(H,16,17)/t6-,9-/m0/s1. The van der Waals surface area contributed by atoms with E-state index in [9.17, 15) is 14.4 Å². The zero-order chi connectivity index (χ0) is 13.4. The molecule has 0 fully saturated rings. The molecule has 0 aromatic rings. The summed E-state index contributed by atoms with van der Waals surface area (Å²) in [4.78, 5) is 32.6. The van der Waals surface area contributed by atoms with Crippen molar-refractivity contribution in [3.05, 3.63) is 0 Å². The minimum absolute atomic E-state index is 0.0783. The third kappa shape index (κ3) is 6.64. The first-order valence-corrected chi connectivity index (χ1v) is 5.35. The van der Waals surface area contributed by atoms with Crippen LogP contribution in [-0.2, 0) is 14.4 Å². The van der Waals surface area contributed by atoms with Gasteiger partial charge in [0.2, 0.25) is 5.91 Å². The van der Waals surface area contributed by atoms with Crippen LogP contribution in [0.15, 0.2) is 0 Å². The van der Waals surface area contributed by atoms with Crippen LogP contribution in [0, 0.1) is 5.92 Å². The van der Waals surface area contributed by atoms with Crippen LogP contribution in [0.2, 0.25) is 0 Å². The van der Waals surface area contributed by atoms with Crippen LogP contribution >= 0.6 is 0 Å². The van der Waals surface area contributed by atoms with Crippen LogP contribution in [0.3, 0.4) is 0 Å². The first-order chi connectivity index (χ1) is 7.88. The highest BCUT2D eigenvalue weighted by Crippen LogP contribution is 2.09. The van der Waals surface area contributed by atoms with Crippen molar-refractivity contribution < 1.29 is 19.5 Å². The molecule has 0 aliphatic carbocycles. The summed E-state index contributed by atoms with van der Waals surface area (Å²) < 4.78 is 0. The number of carboxylic acids is 1. The predicted octanol–water partition coefficient (Wildman–Crippen LogP) is -1.54. The molecule has 0 rings (SSSR count). The molecule has 98 valence electrons. The number of rotatable bonds is 8. The van der Waals surface area contributed by atoms with Gasteiger partial charge in [0, 0.05) is 6.42 Å². The lowest BCUT2D eigenvalue weighted by Crippen LogP contribution is -2.37. The van der Waals surface area contributed by atoms with Crippen molar-refractivity contribution in [1.29, 1.82) is 0 Å². The molecule has 0 bridgehead atoms. The monoisotopic (exact) mass is 245 g/mol. The fourth-order valence-electron chi connectivity index (χ4n) is 1.17. The van der Waals surface area contributed by atoms with E-state index in [0.29, 0.717) is 6.42 Å². The summed E-state index contributed by atoms with van der Waals surface area (Å²) >= 11 is 0. The summed E-state index contributed by atoms with van der Waals surface area (Å²) in [7, 11) is 0. The van der Waals surface area contributed by atoms with Gasteiger partial charge in [-0.1, -0.05) is 6.92 Å². The molecule has 17 heavy (non-hydrogen) atoms. The van der Waals surface area contributed by atoms with E-state index in [4.69, 9.17) is 16.6 Å². The van der Waals surface area contributed by atoms with Crippen molar-refractivity contribution in [3.63, 3.8) is 0 Å². The summed E-state index contributed by atoms with van der Waals surface area (Å²) in [5.74, 6) is -1.94. The van der Waals surface area contributed by atoms with Crippen molar-refractivity contribution >= 4 is 17.7 Å². The van der Waals surface area contributed by atoms with Gasteiger partial charge in [-0.05, 0) is 12.3 Å². The molecule has 2 atom stereocenters. The second-order valence-corrected chi connectivity index (χ2v) is 3.90. The minimum atomic E-state index is -1.08. The summed E-state index contributed by atoms with van der Waals surface area (Å²) in [6.07, 6.45) is 0.567. The van der Waals surface area contributed by atoms with Gasteiger partial charge in [0.25, 0.3) is 0 Å². The molecule has 0 radical (unpaired) electrons. The van der Waals surface area contributed by atoms with E-state index in [2.05, 4.69) is 5.32 Å². The average Bonchev–Trinajstić information content (AvgIpc) is 2.31. The van der Waals surface area contributed by atoms with Crippen LogP contribution in [0.1, 0.15) is 19.8 Å². The van der Waals surface area contributed by atoms with Gasteiger partial charge in [0.15, 0.2) is 5.78 Å². The largest absolute Gasteiger partial charge is 0.480 e. The molecule has 0 unspecified atom stereocenters. The zero-order valence-electron chi connectivity index (χ0n) is 9.81. The number of ketones is 1. The predicted molar refractivity (Wildman–Crippen MR) is 61.1 cm³/mol. The van der Waals surface area contributed by atoms with Gasteiger partial charge in [0.1, 0.15) is 6.04 Å². The zero-order valence-corrected chi connectivity index (χ0v) is 9.81. The number of nitrogens with one attached hydrogen (secondary N) is 1. The fraction of sp³-hybridized carbons (Fsp3) is 0.700. The van der Waals surface area contributed by atoms with Gasteiger partial charge in [-0.2, -0.15) is 0 Å². The number of nitrogens with two attached hydrogens (primary N) is 2. The molecule has 1 amide bonds. The lowest BCUT2D eigenvalue weighted by Gasteiger charge is -2.15. The molecular weight excluding hydrogens is 226 g/mol. The Morgan fingerprint density at radius 2 is 1.94 bits per heavy atom. The van der Waals surface area contributed by atoms with Gasteiger partial charge in [-0.25, -0.2) is 0 Å². The summed E-state index contributed by atoms with van der Waals surface area (Å²) in [5.41, 5.74) is 10.4. The molecule has 0 aliphatic rings. The fourth-order valence-corrected chi connectivity index (χ4v) is 1.17. The molecule has 6 N–H and O–H groups in total. The van der Waals surface area contributed by atoms with Crippen molar-refractivity contribution in [3.8, 4) is 0 Å². The highest BCUT2D eigenvalue weighted by Gasteiger charge is 2.20. The second-order valence-electron chi connectivity index (χ2n) is 3.90. The summed E-state index contributed by atoms with van der Waals surface area (Å²) in [6.45, 7) is 1.43. The molecule has 0 aromatic carbocycles. The van der Waals surface area contributed by atoms with Gasteiger partial charge >= 0.3 is 5.97 Å². The molecule has 7 nitrogen and oxygen atoms in total. The van der Waals surface area contributed by atoms with Crippen LogP contribution in [0.4, 0.5) is 0 Å². The molecule has 0 saturated heterocycles. The van der Waals surface area contributed by atoms with Crippen LogP contribution in [0.25, 0.3) is 0 Å². The topological polar surface area (TPSA) is 136 Å². The number of carbonyl (C=O) groups excluding carboxylic acids is 2. The molecule has 0 heterocycles. The average molecular weight is 245 g/mol. The Morgan fingerprint density at radius 3 is 2.41 bits per heavy atom. The molecular formula is C10H19N3O4. The number of amides is 1. The third-order valence-electron chi connectivity index (χ3n) is 2.44. The van der Waals surface area contributed by atoms with E-state index in [1.54, 1.807) is 6.92 Å². The van der Waals surface area contributed by atoms with Crippen LogP contribution in [-0.4, -0.2) is 41.9 Å². The van der Waals surface area contributed by atoms with Gasteiger partial charge < -0.3 is 21.9 Å². The van der Waals surface area contributed by atoms with Crippen molar-refractivity contribution in [2.45, 2.75) is 25.8 Å².